The predicted molar refractivity (Wildman–Crippen MR) is 149 cm³/mol. The van der Waals surface area contributed by atoms with Crippen molar-refractivity contribution in [2.45, 2.75) is 0 Å². The number of hydrogen-bond acceptors (Lipinski definition) is 0. The Morgan fingerprint density at radius 1 is 0.375 bits per heavy atom. The van der Waals surface area contributed by atoms with E-state index in [1.54, 1.807) is 0 Å². The van der Waals surface area contributed by atoms with Crippen LogP contribution in [0.4, 0.5) is 0 Å². The Labute approximate surface area is 211 Å². The number of rotatable bonds is 4. The quantitative estimate of drug-likeness (QED) is 0.184. The molecule has 0 bridgehead atoms. The normalized spacial score (nSPS) is 10.8. The van der Waals surface area contributed by atoms with Gasteiger partial charge in [-0.2, -0.15) is 0 Å². The smallest absolute Gasteiger partial charge is 0.0309 e. The standard InChI is InChI=1S/C30H20BrI/c31-29-16-15-25(20-30(29)32)23-11-13-24(14-12-23)28-18-26(21-7-3-1-4-8-21)17-27(19-28)22-9-5-2-6-10-22/h1-20H. The molecule has 0 aliphatic rings. The van der Waals surface area contributed by atoms with E-state index in [-0.39, 0.29) is 0 Å². The van der Waals surface area contributed by atoms with Crippen LogP contribution in [0.1, 0.15) is 0 Å². The van der Waals surface area contributed by atoms with Crippen LogP contribution in [0, 0.1) is 3.57 Å². The average molecular weight is 587 g/mol. The predicted octanol–water partition coefficient (Wildman–Crippen LogP) is 9.72. The zero-order chi connectivity index (χ0) is 21.9. The summed E-state index contributed by atoms with van der Waals surface area (Å²) in [5.74, 6) is 0. The summed E-state index contributed by atoms with van der Waals surface area (Å²) in [6.45, 7) is 0. The summed E-state index contributed by atoms with van der Waals surface area (Å²) in [7, 11) is 0. The monoisotopic (exact) mass is 586 g/mol. The molecule has 0 saturated heterocycles. The summed E-state index contributed by atoms with van der Waals surface area (Å²) in [5, 5.41) is 0. The molecule has 0 heterocycles. The molecule has 0 aromatic heterocycles. The molecule has 0 fully saturated rings. The first-order valence-electron chi connectivity index (χ1n) is 10.5. The molecule has 0 radical (unpaired) electrons. The topological polar surface area (TPSA) is 0 Å². The average Bonchev–Trinajstić information content (AvgIpc) is 2.86. The van der Waals surface area contributed by atoms with E-state index in [2.05, 4.69) is 160 Å². The maximum Gasteiger partial charge on any atom is 0.0309 e. The maximum absolute atomic E-state index is 3.59. The molecule has 0 saturated carbocycles. The highest BCUT2D eigenvalue weighted by molar-refractivity contribution is 14.1. The van der Waals surface area contributed by atoms with Crippen molar-refractivity contribution >= 4 is 38.5 Å². The molecular weight excluding hydrogens is 567 g/mol. The maximum atomic E-state index is 3.59. The third-order valence-electron chi connectivity index (χ3n) is 5.62. The first-order valence-corrected chi connectivity index (χ1v) is 12.4. The van der Waals surface area contributed by atoms with Crippen LogP contribution in [0.25, 0.3) is 44.5 Å². The van der Waals surface area contributed by atoms with Crippen molar-refractivity contribution in [3.8, 4) is 44.5 Å². The van der Waals surface area contributed by atoms with E-state index in [1.165, 1.54) is 48.1 Å². The van der Waals surface area contributed by atoms with Crippen molar-refractivity contribution in [3.63, 3.8) is 0 Å². The Hall–Kier alpha value is -2.69. The fourth-order valence-corrected chi connectivity index (χ4v) is 4.68. The van der Waals surface area contributed by atoms with Crippen molar-refractivity contribution < 1.29 is 0 Å². The second-order valence-electron chi connectivity index (χ2n) is 7.74. The van der Waals surface area contributed by atoms with Gasteiger partial charge >= 0.3 is 0 Å². The van der Waals surface area contributed by atoms with E-state index in [0.717, 1.165) is 4.47 Å². The third-order valence-corrected chi connectivity index (χ3v) is 7.94. The van der Waals surface area contributed by atoms with Crippen molar-refractivity contribution in [1.82, 2.24) is 0 Å². The minimum absolute atomic E-state index is 1.13. The molecule has 0 atom stereocenters. The first kappa shape index (κ1) is 21.2. The van der Waals surface area contributed by atoms with E-state index < -0.39 is 0 Å². The van der Waals surface area contributed by atoms with Crippen LogP contribution in [0.2, 0.25) is 0 Å². The molecule has 32 heavy (non-hydrogen) atoms. The van der Waals surface area contributed by atoms with Gasteiger partial charge in [-0.05, 0) is 113 Å². The van der Waals surface area contributed by atoms with Crippen LogP contribution >= 0.6 is 38.5 Å². The van der Waals surface area contributed by atoms with Crippen LogP contribution < -0.4 is 0 Å². The van der Waals surface area contributed by atoms with Gasteiger partial charge < -0.3 is 0 Å². The summed E-state index contributed by atoms with van der Waals surface area (Å²) in [6.07, 6.45) is 0. The van der Waals surface area contributed by atoms with Crippen LogP contribution in [0.5, 0.6) is 0 Å². The Morgan fingerprint density at radius 2 is 0.750 bits per heavy atom. The molecule has 154 valence electrons. The molecule has 0 spiro atoms. The zero-order valence-electron chi connectivity index (χ0n) is 17.3. The second kappa shape index (κ2) is 9.43. The van der Waals surface area contributed by atoms with E-state index in [9.17, 15) is 0 Å². The summed E-state index contributed by atoms with van der Waals surface area (Å²) in [5.41, 5.74) is 9.81. The number of hydrogen-bond donors (Lipinski definition) is 0. The molecule has 2 heteroatoms. The van der Waals surface area contributed by atoms with Gasteiger partial charge in [-0.3, -0.25) is 0 Å². The molecular formula is C30H20BrI. The number of halogens is 2. The minimum atomic E-state index is 1.13. The lowest BCUT2D eigenvalue weighted by atomic mass is 9.92. The van der Waals surface area contributed by atoms with Gasteiger partial charge in [0.05, 0.1) is 0 Å². The fourth-order valence-electron chi connectivity index (χ4n) is 3.92. The highest BCUT2D eigenvalue weighted by atomic mass is 127. The van der Waals surface area contributed by atoms with Gasteiger partial charge in [0.1, 0.15) is 0 Å². The van der Waals surface area contributed by atoms with Crippen molar-refractivity contribution in [2.75, 3.05) is 0 Å². The minimum Gasteiger partial charge on any atom is -0.0622 e. The van der Waals surface area contributed by atoms with E-state index in [4.69, 9.17) is 0 Å². The van der Waals surface area contributed by atoms with Gasteiger partial charge in [-0.25, -0.2) is 0 Å². The first-order chi connectivity index (χ1) is 15.7. The van der Waals surface area contributed by atoms with E-state index >= 15 is 0 Å². The zero-order valence-corrected chi connectivity index (χ0v) is 21.0. The van der Waals surface area contributed by atoms with Gasteiger partial charge in [-0.1, -0.05) is 91.0 Å². The van der Waals surface area contributed by atoms with E-state index in [0.29, 0.717) is 0 Å². The Balaban J connectivity index is 1.58. The number of benzene rings is 5. The molecule has 5 rings (SSSR count). The molecule has 0 aliphatic heterocycles. The van der Waals surface area contributed by atoms with Crippen LogP contribution in [0.3, 0.4) is 0 Å². The molecule has 0 aliphatic carbocycles. The third kappa shape index (κ3) is 4.57. The van der Waals surface area contributed by atoms with Crippen molar-refractivity contribution in [2.24, 2.45) is 0 Å². The molecule has 5 aromatic carbocycles. The highest BCUT2D eigenvalue weighted by Crippen LogP contribution is 2.34. The molecule has 0 unspecified atom stereocenters. The summed E-state index contributed by atoms with van der Waals surface area (Å²) in [6, 6.07) is 43.4. The van der Waals surface area contributed by atoms with Gasteiger partial charge in [-0.15, -0.1) is 0 Å². The van der Waals surface area contributed by atoms with Gasteiger partial charge in [0.25, 0.3) is 0 Å². The van der Waals surface area contributed by atoms with Gasteiger partial charge in [0.15, 0.2) is 0 Å². The largest absolute Gasteiger partial charge is 0.0622 e. The van der Waals surface area contributed by atoms with Crippen molar-refractivity contribution in [3.05, 3.63) is 129 Å². The SMILES string of the molecule is Brc1ccc(-c2ccc(-c3cc(-c4ccccc4)cc(-c4ccccc4)c3)cc2)cc1I. The molecule has 0 amide bonds. The lowest BCUT2D eigenvalue weighted by Crippen LogP contribution is -1.87. The molecule has 5 aromatic rings. The second-order valence-corrected chi connectivity index (χ2v) is 9.75. The highest BCUT2D eigenvalue weighted by Gasteiger charge is 2.08. The Morgan fingerprint density at radius 3 is 1.19 bits per heavy atom. The summed E-state index contributed by atoms with van der Waals surface area (Å²) in [4.78, 5) is 0. The summed E-state index contributed by atoms with van der Waals surface area (Å²) < 4.78 is 2.34. The molecule has 0 nitrogen and oxygen atoms in total. The fraction of sp³-hybridized carbons (Fsp3) is 0. The molecule has 0 N–H and O–H groups in total. The summed E-state index contributed by atoms with van der Waals surface area (Å²) >= 11 is 5.95. The van der Waals surface area contributed by atoms with Crippen LogP contribution in [-0.4, -0.2) is 0 Å². The lowest BCUT2D eigenvalue weighted by Gasteiger charge is -2.12. The van der Waals surface area contributed by atoms with Gasteiger partial charge in [0.2, 0.25) is 0 Å². The van der Waals surface area contributed by atoms with E-state index in [1.807, 2.05) is 0 Å². The van der Waals surface area contributed by atoms with Gasteiger partial charge in [0, 0.05) is 8.04 Å². The lowest BCUT2D eigenvalue weighted by molar-refractivity contribution is 1.54. The van der Waals surface area contributed by atoms with Crippen LogP contribution in [-0.2, 0) is 0 Å². The van der Waals surface area contributed by atoms with Crippen molar-refractivity contribution in [1.29, 1.82) is 0 Å². The Kier molecular flexibility index (Phi) is 6.24. The van der Waals surface area contributed by atoms with Crippen LogP contribution in [0.15, 0.2) is 126 Å². The Bertz CT molecular complexity index is 1300.